The second-order valence-corrected chi connectivity index (χ2v) is 9.44. The van der Waals surface area contributed by atoms with Gasteiger partial charge in [0.25, 0.3) is 5.91 Å². The van der Waals surface area contributed by atoms with E-state index in [4.69, 9.17) is 4.98 Å². The highest BCUT2D eigenvalue weighted by atomic mass is 16.1. The molecular formula is C25H33N5O. The van der Waals surface area contributed by atoms with Crippen molar-refractivity contribution in [1.82, 2.24) is 25.0 Å². The summed E-state index contributed by atoms with van der Waals surface area (Å²) in [5.74, 6) is -0.0461. The lowest BCUT2D eigenvalue weighted by atomic mass is 10.0. The zero-order valence-corrected chi connectivity index (χ0v) is 19.1. The van der Waals surface area contributed by atoms with E-state index in [1.54, 1.807) is 0 Å². The molecule has 0 saturated carbocycles. The van der Waals surface area contributed by atoms with Crippen LogP contribution in [-0.2, 0) is 6.54 Å². The van der Waals surface area contributed by atoms with E-state index in [-0.39, 0.29) is 11.4 Å². The van der Waals surface area contributed by atoms with Crippen molar-refractivity contribution in [3.63, 3.8) is 0 Å². The highest BCUT2D eigenvalue weighted by molar-refractivity contribution is 6.06. The third kappa shape index (κ3) is 5.13. The van der Waals surface area contributed by atoms with Crippen molar-refractivity contribution in [1.29, 1.82) is 0 Å². The number of aryl methyl sites for hydroxylation is 2. The number of aromatic nitrogens is 3. The molecule has 0 radical (unpaired) electrons. The number of benzene rings is 1. The molecule has 1 amide bonds. The van der Waals surface area contributed by atoms with Gasteiger partial charge in [-0.3, -0.25) is 14.5 Å². The van der Waals surface area contributed by atoms with Crippen molar-refractivity contribution < 1.29 is 4.79 Å². The van der Waals surface area contributed by atoms with Crippen LogP contribution in [0, 0.1) is 13.8 Å². The number of carbonyl (C=O) groups is 1. The third-order valence-corrected chi connectivity index (χ3v) is 5.95. The normalized spacial score (nSPS) is 15.4. The van der Waals surface area contributed by atoms with Gasteiger partial charge in [-0.15, -0.1) is 0 Å². The van der Waals surface area contributed by atoms with Gasteiger partial charge in [-0.25, -0.2) is 0 Å². The molecule has 6 heteroatoms. The predicted molar refractivity (Wildman–Crippen MR) is 124 cm³/mol. The highest BCUT2D eigenvalue weighted by Gasteiger charge is 2.26. The first kappa shape index (κ1) is 21.5. The summed E-state index contributed by atoms with van der Waals surface area (Å²) in [6, 6.07) is 11.8. The van der Waals surface area contributed by atoms with Gasteiger partial charge in [-0.05, 0) is 71.8 Å². The van der Waals surface area contributed by atoms with Gasteiger partial charge >= 0.3 is 0 Å². The maximum atomic E-state index is 13.4. The predicted octanol–water partition coefficient (Wildman–Crippen LogP) is 4.09. The molecule has 3 heterocycles. The monoisotopic (exact) mass is 419 g/mol. The molecular weight excluding hydrogens is 386 g/mol. The van der Waals surface area contributed by atoms with E-state index < -0.39 is 0 Å². The maximum absolute atomic E-state index is 13.4. The summed E-state index contributed by atoms with van der Waals surface area (Å²) in [4.78, 5) is 20.7. The number of rotatable bonds is 6. The molecule has 0 aliphatic carbocycles. The van der Waals surface area contributed by atoms with Crippen molar-refractivity contribution in [2.45, 2.75) is 59.0 Å². The summed E-state index contributed by atoms with van der Waals surface area (Å²) in [5, 5.41) is 8.72. The first-order valence-corrected chi connectivity index (χ1v) is 11.3. The molecule has 0 unspecified atom stereocenters. The number of likely N-dealkylation sites (tertiary alicyclic amines) is 1. The van der Waals surface area contributed by atoms with Crippen molar-refractivity contribution >= 4 is 16.8 Å². The SMILES string of the molecule is Cc1cc(C)n(Cc2cc(C(=O)NC(C)(C)CN3CCCCC3)c3ccccc3n2)n1. The van der Waals surface area contributed by atoms with Gasteiger partial charge in [0, 0.05) is 23.2 Å². The van der Waals surface area contributed by atoms with Crippen LogP contribution in [0.1, 0.15) is 60.5 Å². The summed E-state index contributed by atoms with van der Waals surface area (Å²) in [5.41, 5.74) is 4.10. The Morgan fingerprint density at radius 2 is 1.84 bits per heavy atom. The minimum atomic E-state index is -0.311. The Bertz CT molecular complexity index is 1080. The molecule has 2 aromatic heterocycles. The van der Waals surface area contributed by atoms with Crippen LogP contribution in [0.4, 0.5) is 0 Å². The molecule has 0 bridgehead atoms. The lowest BCUT2D eigenvalue weighted by Crippen LogP contribution is -2.52. The Balaban J connectivity index is 1.60. The van der Waals surface area contributed by atoms with Crippen LogP contribution in [-0.4, -0.2) is 50.7 Å². The number of piperidine rings is 1. The van der Waals surface area contributed by atoms with Crippen molar-refractivity contribution in [2.75, 3.05) is 19.6 Å². The van der Waals surface area contributed by atoms with E-state index in [2.05, 4.69) is 35.2 Å². The van der Waals surface area contributed by atoms with Crippen LogP contribution in [0.2, 0.25) is 0 Å². The summed E-state index contributed by atoms with van der Waals surface area (Å²) in [7, 11) is 0. The summed E-state index contributed by atoms with van der Waals surface area (Å²) < 4.78 is 1.94. The fourth-order valence-electron chi connectivity index (χ4n) is 4.58. The van der Waals surface area contributed by atoms with E-state index in [1.807, 2.05) is 48.9 Å². The smallest absolute Gasteiger partial charge is 0.252 e. The Kier molecular flexibility index (Phi) is 6.10. The Hall–Kier alpha value is -2.73. The van der Waals surface area contributed by atoms with Gasteiger partial charge in [-0.1, -0.05) is 24.6 Å². The van der Waals surface area contributed by atoms with Crippen LogP contribution in [0.25, 0.3) is 10.9 Å². The van der Waals surface area contributed by atoms with E-state index in [0.29, 0.717) is 12.1 Å². The molecule has 4 rings (SSSR count). The zero-order valence-electron chi connectivity index (χ0n) is 19.1. The third-order valence-electron chi connectivity index (χ3n) is 5.95. The van der Waals surface area contributed by atoms with Gasteiger partial charge < -0.3 is 10.2 Å². The number of amides is 1. The first-order chi connectivity index (χ1) is 14.8. The fraction of sp³-hybridized carbons (Fsp3) is 0.480. The molecule has 31 heavy (non-hydrogen) atoms. The summed E-state index contributed by atoms with van der Waals surface area (Å²) in [6.45, 7) is 11.9. The van der Waals surface area contributed by atoms with Gasteiger partial charge in [0.1, 0.15) is 0 Å². The van der Waals surface area contributed by atoms with Crippen LogP contribution in [0.5, 0.6) is 0 Å². The second kappa shape index (κ2) is 8.79. The lowest BCUT2D eigenvalue weighted by molar-refractivity contribution is 0.0879. The van der Waals surface area contributed by atoms with E-state index in [0.717, 1.165) is 47.6 Å². The minimum absolute atomic E-state index is 0.0461. The van der Waals surface area contributed by atoms with Gasteiger partial charge in [0.15, 0.2) is 0 Å². The molecule has 0 atom stereocenters. The molecule has 1 aliphatic rings. The minimum Gasteiger partial charge on any atom is -0.346 e. The number of hydrogen-bond acceptors (Lipinski definition) is 4. The van der Waals surface area contributed by atoms with Crippen LogP contribution in [0.3, 0.4) is 0 Å². The van der Waals surface area contributed by atoms with Gasteiger partial charge in [-0.2, -0.15) is 5.10 Å². The Morgan fingerprint density at radius 1 is 1.10 bits per heavy atom. The number of para-hydroxylation sites is 1. The van der Waals surface area contributed by atoms with Gasteiger partial charge in [0.2, 0.25) is 0 Å². The van der Waals surface area contributed by atoms with Crippen LogP contribution < -0.4 is 5.32 Å². The molecule has 1 N–H and O–H groups in total. The summed E-state index contributed by atoms with van der Waals surface area (Å²) >= 11 is 0. The topological polar surface area (TPSA) is 63.1 Å². The molecule has 0 spiro atoms. The Morgan fingerprint density at radius 3 is 2.55 bits per heavy atom. The zero-order chi connectivity index (χ0) is 22.0. The molecule has 6 nitrogen and oxygen atoms in total. The van der Waals surface area contributed by atoms with Crippen LogP contribution in [0.15, 0.2) is 36.4 Å². The van der Waals surface area contributed by atoms with Crippen molar-refractivity contribution in [3.05, 3.63) is 59.0 Å². The quantitative estimate of drug-likeness (QED) is 0.654. The summed E-state index contributed by atoms with van der Waals surface area (Å²) in [6.07, 6.45) is 3.80. The molecule has 1 fully saturated rings. The standard InChI is InChI=1S/C25H33N5O/c1-18-14-19(2)30(28-18)16-20-15-22(21-10-6-7-11-23(21)26-20)24(31)27-25(3,4)17-29-12-8-5-9-13-29/h6-7,10-11,14-15H,5,8-9,12-13,16-17H2,1-4H3,(H,27,31). The molecule has 3 aromatic rings. The van der Waals surface area contributed by atoms with Crippen molar-refractivity contribution in [3.8, 4) is 0 Å². The van der Waals surface area contributed by atoms with Crippen LogP contribution >= 0.6 is 0 Å². The number of hydrogen-bond donors (Lipinski definition) is 1. The number of nitrogens with zero attached hydrogens (tertiary/aromatic N) is 4. The molecule has 164 valence electrons. The molecule has 1 aliphatic heterocycles. The number of nitrogens with one attached hydrogen (secondary N) is 1. The molecule has 1 aromatic carbocycles. The van der Waals surface area contributed by atoms with Gasteiger partial charge in [0.05, 0.1) is 29.0 Å². The highest BCUT2D eigenvalue weighted by Crippen LogP contribution is 2.21. The first-order valence-electron chi connectivity index (χ1n) is 11.3. The number of carbonyl (C=O) groups excluding carboxylic acids is 1. The largest absolute Gasteiger partial charge is 0.346 e. The average molecular weight is 420 g/mol. The molecule has 1 saturated heterocycles. The maximum Gasteiger partial charge on any atom is 0.252 e. The number of fused-ring (bicyclic) bond motifs is 1. The second-order valence-electron chi connectivity index (χ2n) is 9.44. The van der Waals surface area contributed by atoms with Crippen molar-refractivity contribution in [2.24, 2.45) is 0 Å². The van der Waals surface area contributed by atoms with E-state index >= 15 is 0 Å². The fourth-order valence-corrected chi connectivity index (χ4v) is 4.58. The average Bonchev–Trinajstić information content (AvgIpc) is 3.04. The number of pyridine rings is 1. The lowest BCUT2D eigenvalue weighted by Gasteiger charge is -2.35. The van der Waals surface area contributed by atoms with E-state index in [9.17, 15) is 4.79 Å². The van der Waals surface area contributed by atoms with E-state index in [1.165, 1.54) is 19.3 Å². The Labute approximate surface area is 184 Å².